The number of thiophene rings is 1. The van der Waals surface area contributed by atoms with E-state index < -0.39 is 5.60 Å². The van der Waals surface area contributed by atoms with Crippen molar-refractivity contribution in [2.75, 3.05) is 0 Å². The first-order chi connectivity index (χ1) is 9.57. The fourth-order valence-electron chi connectivity index (χ4n) is 3.64. The summed E-state index contributed by atoms with van der Waals surface area (Å²) in [5, 5.41) is 14.6. The van der Waals surface area contributed by atoms with Crippen LogP contribution in [0.1, 0.15) is 45.1 Å². The molecule has 0 amide bonds. The van der Waals surface area contributed by atoms with Crippen molar-refractivity contribution in [3.63, 3.8) is 0 Å². The molecule has 1 N–H and O–H groups in total. The Hall–Kier alpha value is -0.860. The lowest BCUT2D eigenvalue weighted by atomic mass is 9.71. The summed E-state index contributed by atoms with van der Waals surface area (Å²) in [5.41, 5.74) is 0.842. The molecule has 1 nitrogen and oxygen atoms in total. The van der Waals surface area contributed by atoms with E-state index in [9.17, 15) is 5.11 Å². The summed E-state index contributed by atoms with van der Waals surface area (Å²) in [6.45, 7) is 4.58. The monoisotopic (exact) mass is 288 g/mol. The molecule has 1 aliphatic carbocycles. The maximum absolute atomic E-state index is 11.0. The Labute approximate surface area is 125 Å². The average molecular weight is 288 g/mol. The summed E-state index contributed by atoms with van der Waals surface area (Å²) in [7, 11) is 0. The Morgan fingerprint density at radius 3 is 2.95 bits per heavy atom. The van der Waals surface area contributed by atoms with Gasteiger partial charge in [-0.05, 0) is 53.5 Å². The van der Waals surface area contributed by atoms with Crippen molar-refractivity contribution in [1.82, 2.24) is 0 Å². The minimum absolute atomic E-state index is 0.489. The van der Waals surface area contributed by atoms with Gasteiger partial charge in [0.15, 0.2) is 0 Å². The highest BCUT2D eigenvalue weighted by Crippen LogP contribution is 2.40. The largest absolute Gasteiger partial charge is 0.390 e. The molecule has 1 fully saturated rings. The second-order valence-corrected chi connectivity index (χ2v) is 7.67. The zero-order valence-electron chi connectivity index (χ0n) is 12.4. The van der Waals surface area contributed by atoms with E-state index in [0.29, 0.717) is 11.8 Å². The van der Waals surface area contributed by atoms with Crippen LogP contribution in [0.2, 0.25) is 0 Å². The zero-order valence-corrected chi connectivity index (χ0v) is 13.2. The van der Waals surface area contributed by atoms with Gasteiger partial charge in [-0.2, -0.15) is 0 Å². The highest BCUT2D eigenvalue weighted by atomic mass is 32.1. The predicted molar refractivity (Wildman–Crippen MR) is 87.3 cm³/mol. The number of benzene rings is 1. The molecule has 0 spiro atoms. The third-order valence-corrected chi connectivity index (χ3v) is 5.89. The van der Waals surface area contributed by atoms with E-state index in [1.807, 2.05) is 0 Å². The summed E-state index contributed by atoms with van der Waals surface area (Å²) in [4.78, 5) is 0. The van der Waals surface area contributed by atoms with E-state index in [1.54, 1.807) is 11.3 Å². The van der Waals surface area contributed by atoms with Gasteiger partial charge in [-0.25, -0.2) is 0 Å². The molecule has 2 heteroatoms. The van der Waals surface area contributed by atoms with Crippen molar-refractivity contribution in [2.45, 2.75) is 51.6 Å². The summed E-state index contributed by atoms with van der Waals surface area (Å²) >= 11 is 1.80. The lowest BCUT2D eigenvalue weighted by Gasteiger charge is -2.38. The van der Waals surface area contributed by atoms with Crippen molar-refractivity contribution in [3.8, 4) is 0 Å². The Morgan fingerprint density at radius 1 is 1.35 bits per heavy atom. The molecule has 1 saturated carbocycles. The average Bonchev–Trinajstić information content (AvgIpc) is 2.82. The molecule has 0 radical (unpaired) electrons. The topological polar surface area (TPSA) is 20.2 Å². The van der Waals surface area contributed by atoms with Crippen LogP contribution in [0.25, 0.3) is 10.1 Å². The summed E-state index contributed by atoms with van der Waals surface area (Å²) in [6, 6.07) is 8.55. The van der Waals surface area contributed by atoms with Crippen molar-refractivity contribution < 1.29 is 5.11 Å². The molecule has 1 aliphatic rings. The minimum Gasteiger partial charge on any atom is -0.390 e. The smallest absolute Gasteiger partial charge is 0.0691 e. The van der Waals surface area contributed by atoms with Crippen molar-refractivity contribution in [3.05, 3.63) is 35.2 Å². The van der Waals surface area contributed by atoms with Gasteiger partial charge in [0.2, 0.25) is 0 Å². The molecule has 0 bridgehead atoms. The highest BCUT2D eigenvalue weighted by molar-refractivity contribution is 7.17. The van der Waals surface area contributed by atoms with Crippen LogP contribution in [-0.2, 0) is 6.42 Å². The molecule has 20 heavy (non-hydrogen) atoms. The fourth-order valence-corrected chi connectivity index (χ4v) is 4.60. The van der Waals surface area contributed by atoms with Gasteiger partial charge < -0.3 is 5.11 Å². The first kappa shape index (κ1) is 14.1. The molecule has 2 atom stereocenters. The lowest BCUT2D eigenvalue weighted by Crippen LogP contribution is -2.38. The number of fused-ring (bicyclic) bond motifs is 1. The Bertz CT molecular complexity index is 586. The Kier molecular flexibility index (Phi) is 3.87. The maximum atomic E-state index is 11.0. The van der Waals surface area contributed by atoms with Gasteiger partial charge in [0, 0.05) is 11.1 Å². The van der Waals surface area contributed by atoms with Crippen LogP contribution in [0.5, 0.6) is 0 Å². The van der Waals surface area contributed by atoms with Crippen LogP contribution in [-0.4, -0.2) is 10.7 Å². The SMILES string of the molecule is CC(C)C1CCCC(O)(Cc2csc3ccccc23)C1. The number of rotatable bonds is 3. The lowest BCUT2D eigenvalue weighted by molar-refractivity contribution is -0.0236. The molecule has 2 aromatic rings. The third kappa shape index (κ3) is 2.77. The Morgan fingerprint density at radius 2 is 2.15 bits per heavy atom. The molecule has 0 saturated heterocycles. The van der Waals surface area contributed by atoms with Crippen LogP contribution in [0.15, 0.2) is 29.6 Å². The third-order valence-electron chi connectivity index (χ3n) is 4.88. The van der Waals surface area contributed by atoms with Crippen molar-refractivity contribution in [1.29, 1.82) is 0 Å². The number of hydrogen-bond donors (Lipinski definition) is 1. The van der Waals surface area contributed by atoms with Gasteiger partial charge in [0.25, 0.3) is 0 Å². The van der Waals surface area contributed by atoms with E-state index >= 15 is 0 Å². The normalized spacial score (nSPS) is 27.3. The molecule has 3 rings (SSSR count). The minimum atomic E-state index is -0.489. The molecular formula is C18H24OS. The summed E-state index contributed by atoms with van der Waals surface area (Å²) in [5.74, 6) is 1.36. The zero-order chi connectivity index (χ0) is 14.2. The molecule has 108 valence electrons. The second kappa shape index (κ2) is 5.50. The van der Waals surface area contributed by atoms with Gasteiger partial charge in [-0.3, -0.25) is 0 Å². The van der Waals surface area contributed by atoms with Gasteiger partial charge in [-0.1, -0.05) is 38.5 Å². The van der Waals surface area contributed by atoms with Crippen LogP contribution < -0.4 is 0 Å². The molecule has 2 unspecified atom stereocenters. The van der Waals surface area contributed by atoms with Gasteiger partial charge >= 0.3 is 0 Å². The molecule has 1 aromatic carbocycles. The number of aliphatic hydroxyl groups is 1. The molecule has 1 aromatic heterocycles. The first-order valence-electron chi connectivity index (χ1n) is 7.75. The molecular weight excluding hydrogens is 264 g/mol. The van der Waals surface area contributed by atoms with E-state index in [4.69, 9.17) is 0 Å². The first-order valence-corrected chi connectivity index (χ1v) is 8.63. The maximum Gasteiger partial charge on any atom is 0.0691 e. The Balaban J connectivity index is 1.82. The quantitative estimate of drug-likeness (QED) is 0.840. The molecule has 1 heterocycles. The van der Waals surface area contributed by atoms with Gasteiger partial charge in [0.05, 0.1) is 5.60 Å². The van der Waals surface area contributed by atoms with Crippen LogP contribution in [0.3, 0.4) is 0 Å². The number of hydrogen-bond acceptors (Lipinski definition) is 2. The summed E-state index contributed by atoms with van der Waals surface area (Å²) in [6.07, 6.45) is 5.20. The van der Waals surface area contributed by atoms with Crippen molar-refractivity contribution >= 4 is 21.4 Å². The van der Waals surface area contributed by atoms with E-state index in [1.165, 1.54) is 28.5 Å². The van der Waals surface area contributed by atoms with E-state index in [2.05, 4.69) is 43.5 Å². The highest BCUT2D eigenvalue weighted by Gasteiger charge is 2.35. The van der Waals surface area contributed by atoms with Crippen LogP contribution in [0.4, 0.5) is 0 Å². The van der Waals surface area contributed by atoms with E-state index in [-0.39, 0.29) is 0 Å². The van der Waals surface area contributed by atoms with E-state index in [0.717, 1.165) is 19.3 Å². The fraction of sp³-hybridized carbons (Fsp3) is 0.556. The van der Waals surface area contributed by atoms with Gasteiger partial charge in [-0.15, -0.1) is 11.3 Å². The van der Waals surface area contributed by atoms with Crippen LogP contribution >= 0.6 is 11.3 Å². The van der Waals surface area contributed by atoms with Crippen LogP contribution in [0, 0.1) is 11.8 Å². The van der Waals surface area contributed by atoms with Crippen molar-refractivity contribution in [2.24, 2.45) is 11.8 Å². The molecule has 0 aliphatic heterocycles. The standard InChI is InChI=1S/C18H24OS/c1-13(2)14-6-5-9-18(19,10-14)11-15-12-20-17-8-4-3-7-16(15)17/h3-4,7-8,12-14,19H,5-6,9-11H2,1-2H3. The van der Waals surface area contributed by atoms with Gasteiger partial charge in [0.1, 0.15) is 0 Å². The summed E-state index contributed by atoms with van der Waals surface area (Å²) < 4.78 is 1.34. The predicted octanol–water partition coefficient (Wildman–Crippen LogP) is 5.02. The second-order valence-electron chi connectivity index (χ2n) is 6.76.